The van der Waals surface area contributed by atoms with Crippen molar-refractivity contribution in [3.8, 4) is 0 Å². The zero-order valence-electron chi connectivity index (χ0n) is 24.8. The number of halogens is 1. The van der Waals surface area contributed by atoms with Gasteiger partial charge >= 0.3 is 5.97 Å². The van der Waals surface area contributed by atoms with Gasteiger partial charge in [0.2, 0.25) is 5.76 Å². The summed E-state index contributed by atoms with van der Waals surface area (Å²) in [6.07, 6.45) is 0. The van der Waals surface area contributed by atoms with Gasteiger partial charge in [-0.2, -0.15) is 0 Å². The SMILES string of the molecule is CCOC(=O)c1sc(N2C(=O)c3oc4cc(C)c(C)cc4c(=O)c3C23C(=O)N(Cc2ccc(F)cc2)c2ccccc23)nc1C. The van der Waals surface area contributed by atoms with Crippen LogP contribution in [0, 0.1) is 26.6 Å². The molecule has 0 radical (unpaired) electrons. The van der Waals surface area contributed by atoms with Crippen LogP contribution in [0.5, 0.6) is 0 Å². The number of thiazole rings is 1. The lowest BCUT2D eigenvalue weighted by Crippen LogP contribution is -2.53. The number of fused-ring (bicyclic) bond motifs is 5. The summed E-state index contributed by atoms with van der Waals surface area (Å²) in [6.45, 7) is 7.21. The fraction of sp³-hybridized carbons (Fsp3) is 0.206. The summed E-state index contributed by atoms with van der Waals surface area (Å²) in [6, 6.07) is 16.1. The lowest BCUT2D eigenvalue weighted by Gasteiger charge is -2.32. The molecule has 0 fully saturated rings. The second kappa shape index (κ2) is 10.2. The molecule has 7 rings (SSSR count). The van der Waals surface area contributed by atoms with Gasteiger partial charge in [-0.25, -0.2) is 14.2 Å². The molecule has 1 atom stereocenters. The Bertz CT molecular complexity index is 2150. The number of esters is 1. The highest BCUT2D eigenvalue weighted by Crippen LogP contribution is 2.55. The van der Waals surface area contributed by atoms with Crippen molar-refractivity contribution in [3.63, 3.8) is 0 Å². The highest BCUT2D eigenvalue weighted by Gasteiger charge is 2.66. The monoisotopic (exact) mass is 623 g/mol. The number of benzene rings is 3. The molecule has 9 nitrogen and oxygen atoms in total. The predicted molar refractivity (Wildman–Crippen MR) is 166 cm³/mol. The quantitative estimate of drug-likeness (QED) is 0.223. The largest absolute Gasteiger partial charge is 0.462 e. The maximum Gasteiger partial charge on any atom is 0.350 e. The molecule has 0 bridgehead atoms. The minimum absolute atomic E-state index is 0.0366. The van der Waals surface area contributed by atoms with Crippen molar-refractivity contribution in [1.82, 2.24) is 4.98 Å². The minimum atomic E-state index is -1.99. The van der Waals surface area contributed by atoms with Crippen molar-refractivity contribution in [3.05, 3.63) is 121 Å². The van der Waals surface area contributed by atoms with Crippen molar-refractivity contribution >= 4 is 50.9 Å². The summed E-state index contributed by atoms with van der Waals surface area (Å²) in [5.41, 5.74) is 1.10. The van der Waals surface area contributed by atoms with E-state index in [1.165, 1.54) is 21.9 Å². The molecule has 11 heteroatoms. The Hall–Kier alpha value is -5.16. The van der Waals surface area contributed by atoms with Crippen molar-refractivity contribution in [2.24, 2.45) is 0 Å². The standard InChI is InChI=1S/C34H26FN3O6S/c1-5-43-31(41)29-19(4)36-33(45-29)38-30(40)28-26(27(39)22-14-17(2)18(3)15-25(22)44-28)34(38)23-8-6-7-9-24(23)37(32(34)42)16-20-10-12-21(35)13-11-20/h6-15H,5,16H2,1-4H3. The number of amides is 2. The molecule has 0 saturated carbocycles. The molecule has 1 unspecified atom stereocenters. The average molecular weight is 624 g/mol. The Balaban J connectivity index is 1.54. The normalized spacial score (nSPS) is 17.0. The van der Waals surface area contributed by atoms with Crippen LogP contribution in [-0.4, -0.2) is 29.4 Å². The van der Waals surface area contributed by atoms with Crippen LogP contribution >= 0.6 is 11.3 Å². The van der Waals surface area contributed by atoms with E-state index in [0.717, 1.165) is 22.5 Å². The molecule has 3 aromatic carbocycles. The highest BCUT2D eigenvalue weighted by atomic mass is 32.1. The summed E-state index contributed by atoms with van der Waals surface area (Å²) in [7, 11) is 0. The van der Waals surface area contributed by atoms with E-state index in [4.69, 9.17) is 9.15 Å². The molecular weight excluding hydrogens is 597 g/mol. The van der Waals surface area contributed by atoms with Gasteiger partial charge in [0, 0.05) is 5.56 Å². The van der Waals surface area contributed by atoms with Gasteiger partial charge in [-0.1, -0.05) is 41.7 Å². The number of anilines is 2. The molecule has 5 aromatic rings. The lowest BCUT2D eigenvalue weighted by atomic mass is 9.84. The number of carbonyl (C=O) groups is 3. The maximum atomic E-state index is 15.0. The smallest absolute Gasteiger partial charge is 0.350 e. The number of hydrogen-bond acceptors (Lipinski definition) is 8. The fourth-order valence-electron chi connectivity index (χ4n) is 6.21. The Morgan fingerprint density at radius 2 is 1.73 bits per heavy atom. The van der Waals surface area contributed by atoms with Crippen LogP contribution < -0.4 is 15.2 Å². The third-order valence-electron chi connectivity index (χ3n) is 8.43. The average Bonchev–Trinajstić information content (AvgIpc) is 3.60. The summed E-state index contributed by atoms with van der Waals surface area (Å²) < 4.78 is 25.2. The molecule has 2 aliphatic rings. The van der Waals surface area contributed by atoms with E-state index in [9.17, 15) is 18.8 Å². The van der Waals surface area contributed by atoms with E-state index in [1.54, 1.807) is 62.4 Å². The Kier molecular flexibility index (Phi) is 6.48. The first-order chi connectivity index (χ1) is 21.6. The fourth-order valence-corrected chi connectivity index (χ4v) is 7.22. The third kappa shape index (κ3) is 4.00. The predicted octanol–water partition coefficient (Wildman–Crippen LogP) is 5.94. The molecule has 226 valence electrons. The van der Waals surface area contributed by atoms with E-state index in [-0.39, 0.29) is 45.5 Å². The van der Waals surface area contributed by atoms with Crippen LogP contribution in [0.1, 0.15) is 60.7 Å². The molecule has 4 heterocycles. The summed E-state index contributed by atoms with van der Waals surface area (Å²) >= 11 is 0.902. The first-order valence-corrected chi connectivity index (χ1v) is 15.1. The molecule has 0 N–H and O–H groups in total. The van der Waals surface area contributed by atoms with E-state index in [2.05, 4.69) is 4.98 Å². The van der Waals surface area contributed by atoms with Gasteiger partial charge in [-0.05, 0) is 74.7 Å². The van der Waals surface area contributed by atoms with Crippen LogP contribution in [0.3, 0.4) is 0 Å². The van der Waals surface area contributed by atoms with Crippen molar-refractivity contribution in [2.75, 3.05) is 16.4 Å². The third-order valence-corrected chi connectivity index (χ3v) is 9.55. The summed E-state index contributed by atoms with van der Waals surface area (Å²) in [5, 5.41) is 0.269. The molecule has 0 saturated heterocycles. The first kappa shape index (κ1) is 28.6. The summed E-state index contributed by atoms with van der Waals surface area (Å²) in [4.78, 5) is 64.3. The Morgan fingerprint density at radius 1 is 1.02 bits per heavy atom. The second-order valence-electron chi connectivity index (χ2n) is 11.1. The minimum Gasteiger partial charge on any atom is -0.462 e. The van der Waals surface area contributed by atoms with E-state index in [0.29, 0.717) is 22.5 Å². The lowest BCUT2D eigenvalue weighted by molar-refractivity contribution is -0.121. The number of hydrogen-bond donors (Lipinski definition) is 0. The highest BCUT2D eigenvalue weighted by molar-refractivity contribution is 7.17. The first-order valence-electron chi connectivity index (χ1n) is 14.3. The number of ether oxygens (including phenoxy) is 1. The van der Waals surface area contributed by atoms with Gasteiger partial charge in [0.15, 0.2) is 16.1 Å². The summed E-state index contributed by atoms with van der Waals surface area (Å²) in [5.74, 6) is -2.62. The Labute approximate surface area is 260 Å². The molecule has 1 spiro atoms. The molecule has 2 aliphatic heterocycles. The molecule has 0 aliphatic carbocycles. The number of aromatic nitrogens is 1. The molecule has 45 heavy (non-hydrogen) atoms. The van der Waals surface area contributed by atoms with Crippen LogP contribution in [0.25, 0.3) is 11.0 Å². The topological polar surface area (TPSA) is 110 Å². The van der Waals surface area contributed by atoms with Gasteiger partial charge in [0.25, 0.3) is 11.8 Å². The van der Waals surface area contributed by atoms with Gasteiger partial charge in [0.05, 0.1) is 35.5 Å². The van der Waals surface area contributed by atoms with E-state index < -0.39 is 34.6 Å². The van der Waals surface area contributed by atoms with E-state index >= 15 is 4.79 Å². The number of rotatable bonds is 5. The Morgan fingerprint density at radius 3 is 2.47 bits per heavy atom. The molecular formula is C34H26FN3O6S. The number of nitrogens with zero attached hydrogens (tertiary/aromatic N) is 3. The van der Waals surface area contributed by atoms with E-state index in [1.807, 2.05) is 13.8 Å². The van der Waals surface area contributed by atoms with Crippen molar-refractivity contribution < 1.29 is 27.9 Å². The number of carbonyl (C=O) groups excluding carboxylic acids is 3. The molecule has 2 aromatic heterocycles. The van der Waals surface area contributed by atoms with Gasteiger partial charge in [-0.3, -0.25) is 19.3 Å². The van der Waals surface area contributed by atoms with Crippen molar-refractivity contribution in [2.45, 2.75) is 39.8 Å². The zero-order valence-corrected chi connectivity index (χ0v) is 25.6. The van der Waals surface area contributed by atoms with Gasteiger partial charge in [0.1, 0.15) is 16.3 Å². The number of aryl methyl sites for hydroxylation is 3. The van der Waals surface area contributed by atoms with Gasteiger partial charge in [-0.15, -0.1) is 0 Å². The van der Waals surface area contributed by atoms with Crippen molar-refractivity contribution in [1.29, 1.82) is 0 Å². The maximum absolute atomic E-state index is 15.0. The van der Waals surface area contributed by atoms with Crippen LogP contribution in [0.15, 0.2) is 69.9 Å². The van der Waals surface area contributed by atoms with Crippen LogP contribution in [-0.2, 0) is 21.6 Å². The van der Waals surface area contributed by atoms with Crippen LogP contribution in [0.2, 0.25) is 0 Å². The number of para-hydroxylation sites is 1. The zero-order chi connectivity index (χ0) is 31.8. The molecule has 2 amide bonds. The van der Waals surface area contributed by atoms with Gasteiger partial charge < -0.3 is 14.1 Å². The van der Waals surface area contributed by atoms with Crippen LogP contribution in [0.4, 0.5) is 15.2 Å². The second-order valence-corrected chi connectivity index (χ2v) is 12.1.